The number of ketones is 1. The molecule has 1 aliphatic rings. The number of likely N-dealkylation sites (tertiary alicyclic amines) is 1. The van der Waals surface area contributed by atoms with E-state index in [0.29, 0.717) is 13.0 Å². The molecule has 2 aromatic rings. The van der Waals surface area contributed by atoms with Crippen LogP contribution in [-0.2, 0) is 27.0 Å². The molecule has 3 rings (SSSR count). The van der Waals surface area contributed by atoms with Crippen LogP contribution in [-0.4, -0.2) is 36.0 Å². The van der Waals surface area contributed by atoms with Gasteiger partial charge in [0.05, 0.1) is 7.11 Å². The first-order valence-electron chi connectivity index (χ1n) is 12.3. The number of hydrogen-bond donors (Lipinski definition) is 1. The molecule has 0 bridgehead atoms. The first-order chi connectivity index (χ1) is 16.3. The third kappa shape index (κ3) is 5.53. The average Bonchev–Trinajstić information content (AvgIpc) is 2.79. The second kappa shape index (κ2) is 10.0. The Hall–Kier alpha value is -2.86. The van der Waals surface area contributed by atoms with Crippen LogP contribution in [0.15, 0.2) is 48.5 Å². The summed E-state index contributed by atoms with van der Waals surface area (Å²) in [5, 5.41) is 0. The molecule has 6 heteroatoms. The number of nitrogens with two attached hydrogens (primary N) is 1. The van der Waals surface area contributed by atoms with Crippen LogP contribution in [0.5, 0.6) is 5.75 Å². The Morgan fingerprint density at radius 1 is 1.09 bits per heavy atom. The fraction of sp³-hybridized carbons (Fsp3) is 0.517. The number of methoxy groups -OCH3 is 1. The summed E-state index contributed by atoms with van der Waals surface area (Å²) in [6.45, 7) is 11.6. The van der Waals surface area contributed by atoms with Gasteiger partial charge in [0.1, 0.15) is 22.8 Å². The Balaban J connectivity index is 2.08. The Labute approximate surface area is 209 Å². The monoisotopic (exact) mass is 480 g/mol. The Morgan fingerprint density at radius 2 is 1.74 bits per heavy atom. The molecule has 1 heterocycles. The zero-order valence-electron chi connectivity index (χ0n) is 22.2. The van der Waals surface area contributed by atoms with Crippen molar-refractivity contribution >= 4 is 11.9 Å². The van der Waals surface area contributed by atoms with Crippen molar-refractivity contribution < 1.29 is 19.1 Å². The molecule has 0 aliphatic carbocycles. The fourth-order valence-electron chi connectivity index (χ4n) is 4.83. The number of carbonyl (C=O) groups is 2. The van der Waals surface area contributed by atoms with Gasteiger partial charge in [0.25, 0.3) is 0 Å². The predicted octanol–water partition coefficient (Wildman–Crippen LogP) is 5.56. The van der Waals surface area contributed by atoms with Crippen LogP contribution in [0.4, 0.5) is 4.79 Å². The van der Waals surface area contributed by atoms with Crippen molar-refractivity contribution in [1.29, 1.82) is 0 Å². The number of nitrogens with zero attached hydrogens (tertiary/aromatic N) is 1. The predicted molar refractivity (Wildman–Crippen MR) is 138 cm³/mol. The largest absolute Gasteiger partial charge is 0.496 e. The highest BCUT2D eigenvalue weighted by atomic mass is 16.6. The molecular formula is C29H40N2O4. The maximum atomic E-state index is 13.3. The summed E-state index contributed by atoms with van der Waals surface area (Å²) < 4.78 is 11.5. The van der Waals surface area contributed by atoms with Crippen molar-refractivity contribution in [3.8, 4) is 5.75 Å². The first-order valence-corrected chi connectivity index (χ1v) is 12.3. The lowest BCUT2D eigenvalue weighted by Crippen LogP contribution is -2.63. The lowest BCUT2D eigenvalue weighted by molar-refractivity contribution is -0.121. The van der Waals surface area contributed by atoms with Gasteiger partial charge >= 0.3 is 6.09 Å². The average molecular weight is 481 g/mol. The van der Waals surface area contributed by atoms with Crippen LogP contribution in [0.3, 0.4) is 0 Å². The second-order valence-electron chi connectivity index (χ2n) is 11.1. The third-order valence-electron chi connectivity index (χ3n) is 7.20. The Kier molecular flexibility index (Phi) is 7.65. The van der Waals surface area contributed by atoms with Gasteiger partial charge < -0.3 is 15.2 Å². The van der Waals surface area contributed by atoms with Crippen LogP contribution >= 0.6 is 0 Å². The molecule has 1 amide bonds. The molecule has 0 unspecified atom stereocenters. The van der Waals surface area contributed by atoms with E-state index in [1.54, 1.807) is 18.9 Å². The van der Waals surface area contributed by atoms with E-state index in [1.807, 2.05) is 77.1 Å². The number of hydrogen-bond acceptors (Lipinski definition) is 5. The van der Waals surface area contributed by atoms with E-state index in [4.69, 9.17) is 15.2 Å². The smallest absolute Gasteiger partial charge is 0.412 e. The summed E-state index contributed by atoms with van der Waals surface area (Å²) >= 11 is 0. The molecule has 190 valence electrons. The quantitative estimate of drug-likeness (QED) is 0.585. The van der Waals surface area contributed by atoms with Gasteiger partial charge in [0.2, 0.25) is 0 Å². The maximum absolute atomic E-state index is 13.3. The highest BCUT2D eigenvalue weighted by Crippen LogP contribution is 2.42. The molecule has 1 saturated heterocycles. The second-order valence-corrected chi connectivity index (χ2v) is 11.1. The Bertz CT molecular complexity index is 1060. The molecule has 2 N–H and O–H groups in total. The summed E-state index contributed by atoms with van der Waals surface area (Å²) in [4.78, 5) is 27.4. The molecule has 1 aliphatic heterocycles. The van der Waals surface area contributed by atoms with Gasteiger partial charge in [-0.25, -0.2) is 4.79 Å². The van der Waals surface area contributed by atoms with E-state index in [0.717, 1.165) is 35.3 Å². The van der Waals surface area contributed by atoms with E-state index in [2.05, 4.69) is 6.07 Å². The van der Waals surface area contributed by atoms with Gasteiger partial charge in [0.15, 0.2) is 0 Å². The van der Waals surface area contributed by atoms with Gasteiger partial charge in [0, 0.05) is 17.9 Å². The van der Waals surface area contributed by atoms with E-state index >= 15 is 0 Å². The van der Waals surface area contributed by atoms with Crippen molar-refractivity contribution in [2.75, 3.05) is 13.7 Å². The molecule has 0 aromatic heterocycles. The van der Waals surface area contributed by atoms with Gasteiger partial charge in [-0.15, -0.1) is 0 Å². The van der Waals surface area contributed by atoms with E-state index in [-0.39, 0.29) is 11.7 Å². The van der Waals surface area contributed by atoms with Crippen molar-refractivity contribution in [3.63, 3.8) is 0 Å². The van der Waals surface area contributed by atoms with Crippen molar-refractivity contribution in [2.24, 2.45) is 11.7 Å². The number of benzene rings is 2. The van der Waals surface area contributed by atoms with Crippen LogP contribution in [0.25, 0.3) is 0 Å². The number of Topliss-reactive ketones (excluding diaryl/α,β-unsaturated/α-hetero) is 1. The summed E-state index contributed by atoms with van der Waals surface area (Å²) in [5.41, 5.74) is 7.71. The Morgan fingerprint density at radius 3 is 2.31 bits per heavy atom. The summed E-state index contributed by atoms with van der Waals surface area (Å²) in [5.74, 6) is 0.758. The standard InChI is InChI=1S/C29H40N2O4/c1-20(32)28(5,6)23-15-16-25(34-7)21(18-23)19-24-14-11-17-31(26(33)35-27(2,3)4)29(24,30)22-12-9-8-10-13-22/h8-10,12-13,15-16,18,24H,11,14,17,19,30H2,1-7H3/t24-,29+/m0/s1. The van der Waals surface area contributed by atoms with Crippen LogP contribution in [0.2, 0.25) is 0 Å². The molecular weight excluding hydrogens is 440 g/mol. The van der Waals surface area contributed by atoms with Gasteiger partial charge in [-0.1, -0.05) is 42.5 Å². The molecule has 35 heavy (non-hydrogen) atoms. The zero-order valence-corrected chi connectivity index (χ0v) is 22.2. The maximum Gasteiger partial charge on any atom is 0.412 e. The van der Waals surface area contributed by atoms with Crippen LogP contribution < -0.4 is 10.5 Å². The highest BCUT2D eigenvalue weighted by molar-refractivity contribution is 5.87. The molecule has 2 atom stereocenters. The number of piperidine rings is 1. The minimum absolute atomic E-state index is 0.0873. The lowest BCUT2D eigenvalue weighted by atomic mass is 9.74. The van der Waals surface area contributed by atoms with Crippen LogP contribution in [0.1, 0.15) is 71.1 Å². The molecule has 0 spiro atoms. The van der Waals surface area contributed by atoms with E-state index < -0.39 is 22.8 Å². The number of rotatable bonds is 6. The van der Waals surface area contributed by atoms with Crippen molar-refractivity contribution in [2.45, 2.75) is 77.5 Å². The summed E-state index contributed by atoms with van der Waals surface area (Å²) in [6.07, 6.45) is 1.84. The SMILES string of the molecule is COc1ccc(C(C)(C)C(C)=O)cc1C[C@@H]1CCCN(C(=O)OC(C)(C)C)[C@]1(N)c1ccccc1. The van der Waals surface area contributed by atoms with Crippen LogP contribution in [0, 0.1) is 5.92 Å². The van der Waals surface area contributed by atoms with Crippen molar-refractivity contribution in [3.05, 3.63) is 65.2 Å². The zero-order chi connectivity index (χ0) is 26.0. The third-order valence-corrected chi connectivity index (χ3v) is 7.20. The molecule has 1 fully saturated rings. The fourth-order valence-corrected chi connectivity index (χ4v) is 4.83. The first kappa shape index (κ1) is 26.7. The molecule has 0 radical (unpaired) electrons. The summed E-state index contributed by atoms with van der Waals surface area (Å²) in [6, 6.07) is 15.7. The summed E-state index contributed by atoms with van der Waals surface area (Å²) in [7, 11) is 1.65. The lowest BCUT2D eigenvalue weighted by Gasteiger charge is -2.50. The number of amides is 1. The van der Waals surface area contributed by atoms with E-state index in [9.17, 15) is 9.59 Å². The van der Waals surface area contributed by atoms with E-state index in [1.165, 1.54) is 0 Å². The number of carbonyl (C=O) groups excluding carboxylic acids is 2. The molecule has 6 nitrogen and oxygen atoms in total. The molecule has 2 aromatic carbocycles. The van der Waals surface area contributed by atoms with Gasteiger partial charge in [-0.05, 0) is 83.6 Å². The molecule has 0 saturated carbocycles. The van der Waals surface area contributed by atoms with Crippen molar-refractivity contribution in [1.82, 2.24) is 4.90 Å². The van der Waals surface area contributed by atoms with Gasteiger partial charge in [-0.2, -0.15) is 0 Å². The highest BCUT2D eigenvalue weighted by Gasteiger charge is 2.48. The number of ether oxygens (including phenoxy) is 2. The topological polar surface area (TPSA) is 81.9 Å². The van der Waals surface area contributed by atoms with Gasteiger partial charge in [-0.3, -0.25) is 9.69 Å². The minimum Gasteiger partial charge on any atom is -0.496 e. The normalized spacial score (nSPS) is 20.9. The minimum atomic E-state index is -1.06.